The topological polar surface area (TPSA) is 0 Å². The highest BCUT2D eigenvalue weighted by molar-refractivity contribution is 7.03. The van der Waals surface area contributed by atoms with Crippen LogP contribution >= 0.6 is 0 Å². The maximum atomic E-state index is 2.58. The molecule has 0 aliphatic carbocycles. The molecule has 0 spiro atoms. The fourth-order valence-electron chi connectivity index (χ4n) is 8.35. The van der Waals surface area contributed by atoms with Crippen molar-refractivity contribution in [2.75, 3.05) is 0 Å². The van der Waals surface area contributed by atoms with Crippen molar-refractivity contribution in [1.29, 1.82) is 0 Å². The maximum absolute atomic E-state index is 2.58. The summed E-state index contributed by atoms with van der Waals surface area (Å²) in [5, 5.41) is 8.15. The van der Waals surface area contributed by atoms with Gasteiger partial charge in [0.15, 0.2) is 0 Å². The van der Waals surface area contributed by atoms with E-state index in [0.717, 1.165) is 0 Å². The Balaban J connectivity index is 1.38. The fraction of sp³-hybridized carbons (Fsp3) is 0. The van der Waals surface area contributed by atoms with Crippen molar-refractivity contribution in [2.45, 2.75) is 0 Å². The molecule has 0 saturated heterocycles. The molecule has 0 saturated carbocycles. The standard InChI is InChI=1S/C40H24B2/c1-5-16-33-27(12-1)28-13-2-6-17-34(28)41(33)37-24-38(42-35-18-7-3-14-29(35)30-15-4-8-19-36(30)42)32-23-21-26-11-9-10-25-20-22-31(37)40(32)39(25)26/h1-24H. The lowest BCUT2D eigenvalue weighted by atomic mass is 9.34. The van der Waals surface area contributed by atoms with Crippen LogP contribution < -0.4 is 32.8 Å². The Morgan fingerprint density at radius 1 is 0.286 bits per heavy atom. The molecule has 2 heterocycles. The first-order chi connectivity index (χ1) is 20.9. The Bertz CT molecular complexity index is 2130. The van der Waals surface area contributed by atoms with Gasteiger partial charge in [-0.05, 0) is 54.6 Å². The van der Waals surface area contributed by atoms with Crippen molar-refractivity contribution in [3.05, 3.63) is 146 Å². The minimum absolute atomic E-state index is 0.188. The Morgan fingerprint density at radius 3 is 1.07 bits per heavy atom. The summed E-state index contributed by atoms with van der Waals surface area (Å²) in [7, 11) is 0. The van der Waals surface area contributed by atoms with Gasteiger partial charge in [0.1, 0.15) is 0 Å². The molecule has 0 bridgehead atoms. The third kappa shape index (κ3) is 2.84. The van der Waals surface area contributed by atoms with Crippen LogP contribution in [0.15, 0.2) is 146 Å². The summed E-state index contributed by atoms with van der Waals surface area (Å²) in [6.07, 6.45) is 0. The van der Waals surface area contributed by atoms with Crippen LogP contribution in [0.3, 0.4) is 0 Å². The molecule has 2 aliphatic rings. The van der Waals surface area contributed by atoms with E-state index in [2.05, 4.69) is 146 Å². The van der Waals surface area contributed by atoms with Crippen molar-refractivity contribution >= 4 is 78.5 Å². The van der Waals surface area contributed by atoms with E-state index < -0.39 is 0 Å². The van der Waals surface area contributed by atoms with Gasteiger partial charge in [0.2, 0.25) is 13.4 Å². The summed E-state index contributed by atoms with van der Waals surface area (Å²) in [5.41, 5.74) is 13.9. The summed E-state index contributed by atoms with van der Waals surface area (Å²) in [5.74, 6) is 0. The third-order valence-electron chi connectivity index (χ3n) is 10.00. The number of fused-ring (bicyclic) bond motifs is 6. The zero-order valence-corrected chi connectivity index (χ0v) is 23.0. The third-order valence-corrected chi connectivity index (χ3v) is 10.00. The second-order valence-corrected chi connectivity index (χ2v) is 12.0. The first-order valence-corrected chi connectivity index (χ1v) is 14.9. The molecule has 8 aromatic carbocycles. The van der Waals surface area contributed by atoms with Gasteiger partial charge < -0.3 is 0 Å². The van der Waals surface area contributed by atoms with Gasteiger partial charge in [0.05, 0.1) is 0 Å². The lowest BCUT2D eigenvalue weighted by Gasteiger charge is -2.23. The Hall–Kier alpha value is -5.07. The Morgan fingerprint density at radius 2 is 0.667 bits per heavy atom. The van der Waals surface area contributed by atoms with Gasteiger partial charge in [-0.2, -0.15) is 0 Å². The van der Waals surface area contributed by atoms with Gasteiger partial charge in [-0.1, -0.05) is 178 Å². The fourth-order valence-corrected chi connectivity index (χ4v) is 8.35. The molecular formula is C40H24B2. The lowest BCUT2D eigenvalue weighted by Crippen LogP contribution is -2.54. The lowest BCUT2D eigenvalue weighted by molar-refractivity contribution is 1.71. The van der Waals surface area contributed by atoms with Gasteiger partial charge in [-0.15, -0.1) is 0 Å². The van der Waals surface area contributed by atoms with Crippen LogP contribution in [0.1, 0.15) is 0 Å². The number of rotatable bonds is 2. The molecule has 8 aromatic rings. The zero-order chi connectivity index (χ0) is 27.4. The van der Waals surface area contributed by atoms with Crippen molar-refractivity contribution in [3.8, 4) is 22.3 Å². The quantitative estimate of drug-likeness (QED) is 0.204. The summed E-state index contributed by atoms with van der Waals surface area (Å²) in [6.45, 7) is 0.375. The van der Waals surface area contributed by atoms with E-state index in [-0.39, 0.29) is 13.4 Å². The molecule has 0 N–H and O–H groups in total. The van der Waals surface area contributed by atoms with Crippen molar-refractivity contribution in [2.24, 2.45) is 0 Å². The van der Waals surface area contributed by atoms with Gasteiger partial charge in [-0.3, -0.25) is 0 Å². The highest BCUT2D eigenvalue weighted by Gasteiger charge is 2.38. The summed E-state index contributed by atoms with van der Waals surface area (Å²) < 4.78 is 0. The van der Waals surface area contributed by atoms with Crippen LogP contribution in [0.2, 0.25) is 0 Å². The second kappa shape index (κ2) is 8.24. The average Bonchev–Trinajstić information content (AvgIpc) is 3.57. The normalized spacial score (nSPS) is 13.1. The second-order valence-electron chi connectivity index (χ2n) is 12.0. The number of benzene rings is 8. The van der Waals surface area contributed by atoms with Crippen LogP contribution in [0.4, 0.5) is 0 Å². The Kier molecular flexibility index (Phi) is 4.43. The zero-order valence-electron chi connectivity index (χ0n) is 23.0. The van der Waals surface area contributed by atoms with Gasteiger partial charge >= 0.3 is 0 Å². The van der Waals surface area contributed by atoms with E-state index in [4.69, 9.17) is 0 Å². The molecule has 2 heteroatoms. The predicted octanol–water partition coefficient (Wildman–Crippen LogP) is 5.58. The van der Waals surface area contributed by atoms with Crippen LogP contribution in [-0.2, 0) is 0 Å². The number of hydrogen-bond donors (Lipinski definition) is 0. The monoisotopic (exact) mass is 526 g/mol. The van der Waals surface area contributed by atoms with Crippen LogP contribution in [0, 0.1) is 0 Å². The van der Waals surface area contributed by atoms with E-state index >= 15 is 0 Å². The van der Waals surface area contributed by atoms with E-state index in [1.807, 2.05) is 0 Å². The van der Waals surface area contributed by atoms with Crippen molar-refractivity contribution < 1.29 is 0 Å². The molecule has 0 amide bonds. The average molecular weight is 526 g/mol. The Labute approximate surface area is 245 Å². The minimum atomic E-state index is 0.188. The molecule has 10 rings (SSSR count). The molecule has 0 aromatic heterocycles. The van der Waals surface area contributed by atoms with Crippen LogP contribution in [-0.4, -0.2) is 13.4 Å². The van der Waals surface area contributed by atoms with Gasteiger partial charge in [0.25, 0.3) is 0 Å². The predicted molar refractivity (Wildman–Crippen MR) is 183 cm³/mol. The molecular weight excluding hydrogens is 502 g/mol. The summed E-state index contributed by atoms with van der Waals surface area (Å²) in [4.78, 5) is 0. The van der Waals surface area contributed by atoms with Crippen molar-refractivity contribution in [3.63, 3.8) is 0 Å². The molecule has 190 valence electrons. The van der Waals surface area contributed by atoms with Crippen LogP contribution in [0.25, 0.3) is 54.6 Å². The van der Waals surface area contributed by atoms with Crippen LogP contribution in [0.5, 0.6) is 0 Å². The van der Waals surface area contributed by atoms with E-state index in [0.29, 0.717) is 0 Å². The van der Waals surface area contributed by atoms with E-state index in [1.54, 1.807) is 0 Å². The molecule has 2 aliphatic heterocycles. The highest BCUT2D eigenvalue weighted by atomic mass is 14.2. The molecule has 0 nitrogen and oxygen atoms in total. The maximum Gasteiger partial charge on any atom is 0.243 e. The summed E-state index contributed by atoms with van der Waals surface area (Å²) in [6, 6.07) is 54.9. The summed E-state index contributed by atoms with van der Waals surface area (Å²) >= 11 is 0. The molecule has 0 radical (unpaired) electrons. The first-order valence-electron chi connectivity index (χ1n) is 14.9. The van der Waals surface area contributed by atoms with E-state index in [9.17, 15) is 0 Å². The van der Waals surface area contributed by atoms with Gasteiger partial charge in [0, 0.05) is 0 Å². The smallest absolute Gasteiger partial charge is 0.0705 e. The highest BCUT2D eigenvalue weighted by Crippen LogP contribution is 2.35. The molecule has 0 unspecified atom stereocenters. The molecule has 0 fully saturated rings. The van der Waals surface area contributed by atoms with E-state index in [1.165, 1.54) is 87.3 Å². The SMILES string of the molecule is c1ccc2c(c1)B(c1cc(B3c4ccccc4-c4ccccc43)c3ccc4cccc5ccc1c3c54)c1ccccc1-2. The largest absolute Gasteiger partial charge is 0.243 e. The first kappa shape index (κ1) is 22.6. The van der Waals surface area contributed by atoms with Crippen molar-refractivity contribution in [1.82, 2.24) is 0 Å². The molecule has 0 atom stereocenters. The van der Waals surface area contributed by atoms with Gasteiger partial charge in [-0.25, -0.2) is 0 Å². The minimum Gasteiger partial charge on any atom is -0.0705 e. The molecule has 42 heavy (non-hydrogen) atoms. The number of hydrogen-bond acceptors (Lipinski definition) is 0.